The van der Waals surface area contributed by atoms with Gasteiger partial charge in [0.15, 0.2) is 11.5 Å². The fourth-order valence-corrected chi connectivity index (χ4v) is 3.86. The first-order valence-corrected chi connectivity index (χ1v) is 10.6. The molecule has 0 aliphatic carbocycles. The predicted octanol–water partition coefficient (Wildman–Crippen LogP) is 4.89. The molecule has 30 heavy (non-hydrogen) atoms. The van der Waals surface area contributed by atoms with Crippen LogP contribution in [0, 0.1) is 5.92 Å². The van der Waals surface area contributed by atoms with Crippen LogP contribution in [-0.2, 0) is 11.2 Å². The summed E-state index contributed by atoms with van der Waals surface area (Å²) in [6.07, 6.45) is 0.664. The van der Waals surface area contributed by atoms with E-state index in [0.29, 0.717) is 36.8 Å². The lowest BCUT2D eigenvalue weighted by atomic mass is 9.86. The molecule has 1 aliphatic rings. The fourth-order valence-electron chi connectivity index (χ4n) is 3.86. The van der Waals surface area contributed by atoms with Crippen LogP contribution in [0.1, 0.15) is 64.6 Å². The van der Waals surface area contributed by atoms with Crippen molar-refractivity contribution in [1.82, 2.24) is 4.90 Å². The summed E-state index contributed by atoms with van der Waals surface area (Å²) in [5.74, 6) is 1.66. The van der Waals surface area contributed by atoms with E-state index in [4.69, 9.17) is 14.2 Å². The highest BCUT2D eigenvalue weighted by atomic mass is 16.6. The van der Waals surface area contributed by atoms with Crippen LogP contribution < -0.4 is 9.47 Å². The second-order valence-corrected chi connectivity index (χ2v) is 9.35. The molecule has 0 radical (unpaired) electrons. The third kappa shape index (κ3) is 5.91. The first kappa shape index (κ1) is 24.1. The highest BCUT2D eigenvalue weighted by Crippen LogP contribution is 2.41. The van der Waals surface area contributed by atoms with Crippen LogP contribution in [-0.4, -0.2) is 48.6 Å². The molecule has 6 heteroatoms. The Morgan fingerprint density at radius 3 is 2.37 bits per heavy atom. The molecule has 0 saturated heterocycles. The van der Waals surface area contributed by atoms with Crippen molar-refractivity contribution in [2.24, 2.45) is 5.92 Å². The van der Waals surface area contributed by atoms with Gasteiger partial charge in [-0.1, -0.05) is 20.4 Å². The quantitative estimate of drug-likeness (QED) is 0.637. The average molecular weight is 420 g/mol. The van der Waals surface area contributed by atoms with Crippen LogP contribution in [0.3, 0.4) is 0 Å². The number of amides is 1. The van der Waals surface area contributed by atoms with Gasteiger partial charge in [-0.15, -0.1) is 0 Å². The molecule has 2 atom stereocenters. The van der Waals surface area contributed by atoms with Gasteiger partial charge in [-0.3, -0.25) is 0 Å². The molecule has 2 rings (SSSR count). The largest absolute Gasteiger partial charge is 0.493 e. The molecule has 6 nitrogen and oxygen atoms in total. The van der Waals surface area contributed by atoms with Gasteiger partial charge in [0.2, 0.25) is 0 Å². The van der Waals surface area contributed by atoms with Gasteiger partial charge in [-0.2, -0.15) is 0 Å². The van der Waals surface area contributed by atoms with Crippen molar-refractivity contribution in [3.05, 3.63) is 35.4 Å². The van der Waals surface area contributed by atoms with E-state index in [1.165, 1.54) is 0 Å². The Morgan fingerprint density at radius 2 is 1.83 bits per heavy atom. The monoisotopic (exact) mass is 419 g/mol. The maximum absolute atomic E-state index is 13.0. The topological polar surface area (TPSA) is 68.2 Å². The lowest BCUT2D eigenvalue weighted by molar-refractivity contribution is 0.00895. The van der Waals surface area contributed by atoms with Crippen LogP contribution in [0.5, 0.6) is 11.5 Å². The molecule has 0 aromatic heterocycles. The Hall–Kier alpha value is -2.21. The predicted molar refractivity (Wildman–Crippen MR) is 118 cm³/mol. The van der Waals surface area contributed by atoms with E-state index in [2.05, 4.69) is 20.4 Å². The van der Waals surface area contributed by atoms with Crippen LogP contribution >= 0.6 is 0 Å². The molecule has 1 aromatic rings. The minimum absolute atomic E-state index is 0.345. The Bertz CT molecular complexity index is 766. The fraction of sp³-hybridized carbons (Fsp3) is 0.625. The zero-order valence-corrected chi connectivity index (χ0v) is 19.4. The van der Waals surface area contributed by atoms with Gasteiger partial charge in [0.05, 0.1) is 26.4 Å². The van der Waals surface area contributed by atoms with Crippen molar-refractivity contribution in [1.29, 1.82) is 0 Å². The van der Waals surface area contributed by atoms with Gasteiger partial charge >= 0.3 is 6.09 Å². The maximum Gasteiger partial charge on any atom is 0.410 e. The molecule has 0 bridgehead atoms. The van der Waals surface area contributed by atoms with Gasteiger partial charge in [-0.05, 0) is 68.4 Å². The standard InChI is InChI=1S/C24H37NO5/c1-15(2)11-16(3)20(26)14-19-18-13-22(29-8)21(28-7)12-17(18)9-10-25(19)23(27)30-24(4,5)6/h12-13,15,19-20,26H,3,9-11,14H2,1-2,4-8H3/t19?,20-/m1/s1. The van der Waals surface area contributed by atoms with Crippen molar-refractivity contribution in [3.63, 3.8) is 0 Å². The molecule has 0 saturated carbocycles. The summed E-state index contributed by atoms with van der Waals surface area (Å²) in [4.78, 5) is 14.7. The van der Waals surface area contributed by atoms with Gasteiger partial charge in [0.25, 0.3) is 0 Å². The number of nitrogens with zero attached hydrogens (tertiary/aromatic N) is 1. The number of aliphatic hydroxyl groups excluding tert-OH is 1. The summed E-state index contributed by atoms with van der Waals surface area (Å²) in [6.45, 7) is 14.3. The van der Waals surface area contributed by atoms with Crippen LogP contribution in [0.25, 0.3) is 0 Å². The number of rotatable bonds is 7. The molecular formula is C24H37NO5. The van der Waals surface area contributed by atoms with E-state index in [9.17, 15) is 9.90 Å². The van der Waals surface area contributed by atoms with Crippen molar-refractivity contribution in [2.45, 2.75) is 71.6 Å². The van der Waals surface area contributed by atoms with Crippen molar-refractivity contribution < 1.29 is 24.1 Å². The second-order valence-electron chi connectivity index (χ2n) is 9.35. The molecule has 1 N–H and O–H groups in total. The highest BCUT2D eigenvalue weighted by molar-refractivity contribution is 5.70. The van der Waals surface area contributed by atoms with E-state index in [-0.39, 0.29) is 12.1 Å². The normalized spacial score (nSPS) is 17.4. The third-order valence-electron chi connectivity index (χ3n) is 5.22. The third-order valence-corrected chi connectivity index (χ3v) is 5.22. The first-order chi connectivity index (χ1) is 14.0. The minimum atomic E-state index is -0.721. The zero-order valence-electron chi connectivity index (χ0n) is 19.4. The lowest BCUT2D eigenvalue weighted by Crippen LogP contribution is -2.44. The number of ether oxygens (including phenoxy) is 3. The van der Waals surface area contributed by atoms with Crippen molar-refractivity contribution in [2.75, 3.05) is 20.8 Å². The Kier molecular flexibility index (Phi) is 7.81. The zero-order chi connectivity index (χ0) is 22.6. The summed E-state index contributed by atoms with van der Waals surface area (Å²) >= 11 is 0. The Morgan fingerprint density at radius 1 is 1.23 bits per heavy atom. The Labute approximate surface area is 180 Å². The SMILES string of the molecule is C=C(CC(C)C)[C@H](O)CC1c2cc(OC)c(OC)cc2CCN1C(=O)OC(C)(C)C. The molecular weight excluding hydrogens is 382 g/mol. The molecule has 1 aromatic carbocycles. The van der Waals surface area contributed by atoms with Gasteiger partial charge in [0, 0.05) is 13.0 Å². The van der Waals surface area contributed by atoms with Crippen molar-refractivity contribution >= 4 is 6.09 Å². The molecule has 1 amide bonds. The van der Waals surface area contributed by atoms with E-state index in [0.717, 1.165) is 23.1 Å². The van der Waals surface area contributed by atoms with E-state index in [1.54, 1.807) is 19.1 Å². The van der Waals surface area contributed by atoms with E-state index in [1.807, 2.05) is 32.9 Å². The maximum atomic E-state index is 13.0. The van der Waals surface area contributed by atoms with Gasteiger partial charge < -0.3 is 24.2 Å². The van der Waals surface area contributed by atoms with Crippen LogP contribution in [0.15, 0.2) is 24.3 Å². The minimum Gasteiger partial charge on any atom is -0.493 e. The molecule has 1 unspecified atom stereocenters. The van der Waals surface area contributed by atoms with Crippen LogP contribution in [0.2, 0.25) is 0 Å². The highest BCUT2D eigenvalue weighted by Gasteiger charge is 2.36. The lowest BCUT2D eigenvalue weighted by Gasteiger charge is -2.39. The second kappa shape index (κ2) is 9.73. The average Bonchev–Trinajstić information content (AvgIpc) is 2.64. The molecule has 168 valence electrons. The Balaban J connectivity index is 2.42. The van der Waals surface area contributed by atoms with Crippen LogP contribution in [0.4, 0.5) is 4.79 Å². The number of fused-ring (bicyclic) bond motifs is 1. The number of hydrogen-bond donors (Lipinski definition) is 1. The smallest absolute Gasteiger partial charge is 0.410 e. The summed E-state index contributed by atoms with van der Waals surface area (Å²) in [5, 5.41) is 10.9. The number of carbonyl (C=O) groups is 1. The van der Waals surface area contributed by atoms with Gasteiger partial charge in [0.1, 0.15) is 5.60 Å². The molecule has 0 spiro atoms. The molecule has 1 heterocycles. The summed E-state index contributed by atoms with van der Waals surface area (Å²) < 4.78 is 16.6. The number of hydrogen-bond acceptors (Lipinski definition) is 5. The molecule has 0 fully saturated rings. The number of methoxy groups -OCH3 is 2. The summed E-state index contributed by atoms with van der Waals surface area (Å²) in [5.41, 5.74) is 2.21. The van der Waals surface area contributed by atoms with E-state index >= 15 is 0 Å². The number of aliphatic hydroxyl groups is 1. The molecule has 1 aliphatic heterocycles. The van der Waals surface area contributed by atoms with E-state index < -0.39 is 11.7 Å². The number of benzene rings is 1. The summed E-state index contributed by atoms with van der Waals surface area (Å²) in [7, 11) is 3.20. The summed E-state index contributed by atoms with van der Waals surface area (Å²) in [6, 6.07) is 3.53. The first-order valence-electron chi connectivity index (χ1n) is 10.6. The van der Waals surface area contributed by atoms with Crippen molar-refractivity contribution in [3.8, 4) is 11.5 Å². The van der Waals surface area contributed by atoms with Gasteiger partial charge in [-0.25, -0.2) is 4.79 Å². The number of carbonyl (C=O) groups excluding carboxylic acids is 1.